The average molecular weight is 426 g/mol. The molecular formula is C28H43NO2. The molecule has 0 heterocycles. The minimum atomic E-state index is -0.902. The summed E-state index contributed by atoms with van der Waals surface area (Å²) in [6.07, 6.45) is 24.1. The number of rotatable bonds is 19. The highest BCUT2D eigenvalue weighted by Crippen LogP contribution is 2.18. The fraction of sp³-hybridized carbons (Fsp3) is 0.643. The van der Waals surface area contributed by atoms with Crippen LogP contribution in [-0.4, -0.2) is 11.1 Å². The Kier molecular flexibility index (Phi) is 16.2. The average Bonchev–Trinajstić information content (AvgIpc) is 2.78. The monoisotopic (exact) mass is 425 g/mol. The highest BCUT2D eigenvalue weighted by molar-refractivity contribution is 6.15. The van der Waals surface area contributed by atoms with E-state index in [-0.39, 0.29) is 0 Å². The Hall–Kier alpha value is -2.08. The van der Waals surface area contributed by atoms with Crippen molar-refractivity contribution in [1.82, 2.24) is 0 Å². The molecule has 1 aromatic carbocycles. The molecule has 0 saturated carbocycles. The zero-order chi connectivity index (χ0) is 22.6. The van der Waals surface area contributed by atoms with Crippen LogP contribution in [0.15, 0.2) is 30.3 Å². The highest BCUT2D eigenvalue weighted by atomic mass is 16.4. The van der Waals surface area contributed by atoms with Gasteiger partial charge < -0.3 is 5.11 Å². The van der Waals surface area contributed by atoms with Gasteiger partial charge in [0.05, 0.1) is 17.2 Å². The quantitative estimate of drug-likeness (QED) is 0.178. The number of carbonyl (C=O) groups is 1. The first-order valence-electron chi connectivity index (χ1n) is 12.6. The lowest BCUT2D eigenvalue weighted by atomic mass is 10.0. The molecule has 0 bridgehead atoms. The Morgan fingerprint density at radius 3 is 1.58 bits per heavy atom. The molecule has 0 aliphatic heterocycles. The third kappa shape index (κ3) is 13.8. The van der Waals surface area contributed by atoms with Gasteiger partial charge in [0, 0.05) is 0 Å². The zero-order valence-corrected chi connectivity index (χ0v) is 19.7. The molecule has 3 nitrogen and oxygen atoms in total. The summed E-state index contributed by atoms with van der Waals surface area (Å²) in [5, 5.41) is 18.3. The molecule has 0 unspecified atom stereocenters. The molecule has 0 fully saturated rings. The molecule has 31 heavy (non-hydrogen) atoms. The number of benzene rings is 1. The van der Waals surface area contributed by atoms with Crippen molar-refractivity contribution in [1.29, 1.82) is 5.26 Å². The van der Waals surface area contributed by atoms with Crippen molar-refractivity contribution in [2.24, 2.45) is 0 Å². The Morgan fingerprint density at radius 2 is 1.19 bits per heavy atom. The van der Waals surface area contributed by atoms with Crippen molar-refractivity contribution < 1.29 is 9.90 Å². The number of carboxylic acid groups (broad SMARTS) is 1. The van der Waals surface area contributed by atoms with Crippen molar-refractivity contribution >= 4 is 11.5 Å². The van der Waals surface area contributed by atoms with E-state index in [0.717, 1.165) is 19.3 Å². The predicted octanol–water partition coefficient (Wildman–Crippen LogP) is 8.68. The summed E-state index contributed by atoms with van der Waals surface area (Å²) < 4.78 is 0. The van der Waals surface area contributed by atoms with Crippen LogP contribution in [-0.2, 0) is 4.79 Å². The van der Waals surface area contributed by atoms with Crippen LogP contribution in [0.3, 0.4) is 0 Å². The lowest BCUT2D eigenvalue weighted by Gasteiger charge is -2.04. The van der Waals surface area contributed by atoms with Gasteiger partial charge in [0.15, 0.2) is 0 Å². The summed E-state index contributed by atoms with van der Waals surface area (Å²) in [6, 6.07) is 8.82. The summed E-state index contributed by atoms with van der Waals surface area (Å²) in [5.74, 6) is -0.902. The Bertz CT molecular complexity index is 655. The van der Waals surface area contributed by atoms with Gasteiger partial charge in [-0.15, -0.1) is 0 Å². The van der Waals surface area contributed by atoms with Crippen LogP contribution in [0.2, 0.25) is 0 Å². The van der Waals surface area contributed by atoms with Crippen LogP contribution in [0.4, 0.5) is 0 Å². The minimum Gasteiger partial charge on any atom is -0.478 e. The van der Waals surface area contributed by atoms with Gasteiger partial charge in [-0.3, -0.25) is 0 Å². The Morgan fingerprint density at radius 1 is 0.774 bits per heavy atom. The van der Waals surface area contributed by atoms with Crippen molar-refractivity contribution in [2.45, 2.75) is 116 Å². The maximum absolute atomic E-state index is 11.5. The van der Waals surface area contributed by atoms with E-state index in [0.29, 0.717) is 16.7 Å². The largest absolute Gasteiger partial charge is 0.478 e. The molecule has 0 amide bonds. The molecule has 0 atom stereocenters. The normalized spacial score (nSPS) is 11.4. The second kappa shape index (κ2) is 18.7. The summed E-state index contributed by atoms with van der Waals surface area (Å²) in [5.41, 5.74) is 1.56. The number of hydrogen-bond acceptors (Lipinski definition) is 2. The number of unbranched alkanes of at least 4 members (excludes halogenated alkanes) is 16. The van der Waals surface area contributed by atoms with Crippen LogP contribution >= 0.6 is 0 Å². The zero-order valence-electron chi connectivity index (χ0n) is 19.7. The number of nitriles is 1. The standard InChI is InChI=1S/C28H43NO2/c1-2-3-4-5-6-7-8-9-10-11-12-13-14-15-16-17-18-19-27(28(30)31)26-22-20-25(24-29)21-23-26/h19-23H,2-18H2,1H3,(H,30,31). The lowest BCUT2D eigenvalue weighted by molar-refractivity contribution is -0.130. The first-order chi connectivity index (χ1) is 15.2. The number of nitrogens with zero attached hydrogens (tertiary/aromatic N) is 1. The molecule has 1 rings (SSSR count). The maximum Gasteiger partial charge on any atom is 0.335 e. The molecule has 0 radical (unpaired) electrons. The van der Waals surface area contributed by atoms with E-state index in [1.54, 1.807) is 24.3 Å². The summed E-state index contributed by atoms with van der Waals surface area (Å²) in [7, 11) is 0. The van der Waals surface area contributed by atoms with Gasteiger partial charge >= 0.3 is 5.97 Å². The lowest BCUT2D eigenvalue weighted by Crippen LogP contribution is -1.99. The number of aliphatic carboxylic acids is 1. The first-order valence-corrected chi connectivity index (χ1v) is 12.6. The van der Waals surface area contributed by atoms with E-state index in [4.69, 9.17) is 5.26 Å². The Balaban J connectivity index is 2.00. The third-order valence-corrected chi connectivity index (χ3v) is 5.96. The van der Waals surface area contributed by atoms with E-state index in [9.17, 15) is 9.90 Å². The fourth-order valence-corrected chi connectivity index (χ4v) is 3.99. The van der Waals surface area contributed by atoms with Crippen LogP contribution < -0.4 is 0 Å². The van der Waals surface area contributed by atoms with Crippen LogP contribution in [0.5, 0.6) is 0 Å². The topological polar surface area (TPSA) is 61.1 Å². The molecule has 0 aliphatic rings. The van der Waals surface area contributed by atoms with Crippen molar-refractivity contribution in [3.8, 4) is 6.07 Å². The summed E-state index contributed by atoms with van der Waals surface area (Å²) in [6.45, 7) is 2.27. The molecule has 0 aliphatic carbocycles. The molecule has 1 N–H and O–H groups in total. The van der Waals surface area contributed by atoms with Gasteiger partial charge in [-0.05, 0) is 30.5 Å². The van der Waals surface area contributed by atoms with Gasteiger partial charge in [-0.2, -0.15) is 5.26 Å². The minimum absolute atomic E-state index is 0.338. The molecule has 0 saturated heterocycles. The van der Waals surface area contributed by atoms with Gasteiger partial charge in [0.2, 0.25) is 0 Å². The van der Waals surface area contributed by atoms with Gasteiger partial charge in [0.1, 0.15) is 0 Å². The SMILES string of the molecule is CCCCCCCCCCCCCCCCCCC=C(C(=O)O)c1ccc(C#N)cc1. The smallest absolute Gasteiger partial charge is 0.335 e. The molecule has 1 aromatic rings. The number of carboxylic acids is 1. The molecule has 0 spiro atoms. The van der Waals surface area contributed by atoms with Crippen molar-refractivity contribution in [2.75, 3.05) is 0 Å². The number of hydrogen-bond donors (Lipinski definition) is 1. The number of allylic oxidation sites excluding steroid dienone is 1. The summed E-state index contributed by atoms with van der Waals surface area (Å²) >= 11 is 0. The van der Waals surface area contributed by atoms with Crippen molar-refractivity contribution in [3.63, 3.8) is 0 Å². The van der Waals surface area contributed by atoms with E-state index >= 15 is 0 Å². The first kappa shape index (κ1) is 27.0. The maximum atomic E-state index is 11.5. The van der Waals surface area contributed by atoms with Crippen LogP contribution in [0.25, 0.3) is 5.57 Å². The molecular weight excluding hydrogens is 382 g/mol. The fourth-order valence-electron chi connectivity index (χ4n) is 3.99. The Labute approximate surface area is 190 Å². The van der Waals surface area contributed by atoms with Crippen LogP contribution in [0.1, 0.15) is 127 Å². The molecule has 172 valence electrons. The van der Waals surface area contributed by atoms with E-state index in [1.807, 2.05) is 6.08 Å². The van der Waals surface area contributed by atoms with E-state index < -0.39 is 5.97 Å². The van der Waals surface area contributed by atoms with Gasteiger partial charge in [-0.1, -0.05) is 121 Å². The predicted molar refractivity (Wildman–Crippen MR) is 131 cm³/mol. The van der Waals surface area contributed by atoms with E-state index in [2.05, 4.69) is 13.0 Å². The van der Waals surface area contributed by atoms with E-state index in [1.165, 1.54) is 89.9 Å². The van der Waals surface area contributed by atoms with Crippen LogP contribution in [0, 0.1) is 11.3 Å². The highest BCUT2D eigenvalue weighted by Gasteiger charge is 2.09. The van der Waals surface area contributed by atoms with Gasteiger partial charge in [-0.25, -0.2) is 4.79 Å². The second-order valence-electron chi connectivity index (χ2n) is 8.70. The van der Waals surface area contributed by atoms with Gasteiger partial charge in [0.25, 0.3) is 0 Å². The summed E-state index contributed by atoms with van der Waals surface area (Å²) in [4.78, 5) is 11.5. The molecule has 3 heteroatoms. The van der Waals surface area contributed by atoms with Crippen molar-refractivity contribution in [3.05, 3.63) is 41.5 Å². The third-order valence-electron chi connectivity index (χ3n) is 5.96. The molecule has 0 aromatic heterocycles. The second-order valence-corrected chi connectivity index (χ2v) is 8.70.